The number of amides is 2. The standard InChI is InChI=1S/C22H20N6O2/c1-27-20-5-3-2-4-18(20)24-13-19(21(27)29)26-22(30)28-14-17(12-25-28)10-15-6-8-16(11-23)9-7-15/h2-9,12,14,19,24H,10,13H2,1H3,(H,26,30)/t19-/m0/s1. The summed E-state index contributed by atoms with van der Waals surface area (Å²) >= 11 is 0. The van der Waals surface area contributed by atoms with Crippen LogP contribution in [0.25, 0.3) is 0 Å². The van der Waals surface area contributed by atoms with Crippen molar-refractivity contribution in [3.05, 3.63) is 77.6 Å². The molecule has 3 aromatic rings. The Morgan fingerprint density at radius 3 is 2.77 bits per heavy atom. The van der Waals surface area contributed by atoms with Gasteiger partial charge in [0.15, 0.2) is 0 Å². The number of nitrogens with one attached hydrogen (secondary N) is 2. The summed E-state index contributed by atoms with van der Waals surface area (Å²) in [4.78, 5) is 27.0. The van der Waals surface area contributed by atoms with Gasteiger partial charge in [0, 0.05) is 26.2 Å². The van der Waals surface area contributed by atoms with Crippen molar-refractivity contribution in [2.75, 3.05) is 23.8 Å². The van der Waals surface area contributed by atoms with Crippen LogP contribution in [0.4, 0.5) is 16.2 Å². The van der Waals surface area contributed by atoms with E-state index in [9.17, 15) is 9.59 Å². The van der Waals surface area contributed by atoms with E-state index in [1.54, 1.807) is 36.5 Å². The summed E-state index contributed by atoms with van der Waals surface area (Å²) in [6.45, 7) is 0.283. The van der Waals surface area contributed by atoms with Crippen molar-refractivity contribution in [2.45, 2.75) is 12.5 Å². The van der Waals surface area contributed by atoms with E-state index in [0.717, 1.165) is 22.5 Å². The molecule has 0 radical (unpaired) electrons. The first-order valence-electron chi connectivity index (χ1n) is 9.49. The number of benzene rings is 2. The molecular formula is C22H20N6O2. The number of likely N-dealkylation sites (N-methyl/N-ethyl adjacent to an activating group) is 1. The summed E-state index contributed by atoms with van der Waals surface area (Å²) in [5.74, 6) is -0.203. The van der Waals surface area contributed by atoms with Crippen molar-refractivity contribution >= 4 is 23.3 Å². The van der Waals surface area contributed by atoms with Gasteiger partial charge >= 0.3 is 6.03 Å². The average Bonchev–Trinajstić information content (AvgIpc) is 3.20. The number of rotatable bonds is 3. The van der Waals surface area contributed by atoms with E-state index >= 15 is 0 Å². The fourth-order valence-electron chi connectivity index (χ4n) is 3.39. The van der Waals surface area contributed by atoms with Crippen molar-refractivity contribution in [3.8, 4) is 6.07 Å². The highest BCUT2D eigenvalue weighted by atomic mass is 16.2. The molecule has 8 nitrogen and oxygen atoms in total. The van der Waals surface area contributed by atoms with Crippen LogP contribution in [0.5, 0.6) is 0 Å². The van der Waals surface area contributed by atoms with Crippen molar-refractivity contribution in [1.82, 2.24) is 15.1 Å². The summed E-state index contributed by atoms with van der Waals surface area (Å²) in [6.07, 6.45) is 3.84. The van der Waals surface area contributed by atoms with E-state index in [2.05, 4.69) is 21.8 Å². The van der Waals surface area contributed by atoms with E-state index in [-0.39, 0.29) is 12.5 Å². The maximum absolute atomic E-state index is 12.8. The first-order chi connectivity index (χ1) is 14.5. The van der Waals surface area contributed by atoms with Crippen LogP contribution in [-0.2, 0) is 11.2 Å². The smallest absolute Gasteiger partial charge is 0.342 e. The van der Waals surface area contributed by atoms with Crippen LogP contribution in [0.15, 0.2) is 60.9 Å². The minimum atomic E-state index is -0.721. The van der Waals surface area contributed by atoms with Crippen LogP contribution in [0.3, 0.4) is 0 Å². The highest BCUT2D eigenvalue weighted by Gasteiger charge is 2.29. The molecule has 1 aliphatic rings. The van der Waals surface area contributed by atoms with E-state index in [1.165, 1.54) is 4.68 Å². The first kappa shape index (κ1) is 19.2. The molecule has 1 aliphatic heterocycles. The van der Waals surface area contributed by atoms with Crippen LogP contribution in [-0.4, -0.2) is 41.4 Å². The molecule has 2 amide bonds. The largest absolute Gasteiger partial charge is 0.381 e. The Labute approximate surface area is 173 Å². The molecule has 4 rings (SSSR count). The number of hydrogen-bond acceptors (Lipinski definition) is 5. The maximum Gasteiger partial charge on any atom is 0.342 e. The lowest BCUT2D eigenvalue weighted by Gasteiger charge is -2.21. The number of nitriles is 1. The molecule has 1 atom stereocenters. The molecule has 0 saturated carbocycles. The van der Waals surface area contributed by atoms with Crippen molar-refractivity contribution in [2.24, 2.45) is 0 Å². The Bertz CT molecular complexity index is 1130. The van der Waals surface area contributed by atoms with Gasteiger partial charge in [0.25, 0.3) is 5.91 Å². The highest BCUT2D eigenvalue weighted by Crippen LogP contribution is 2.27. The van der Waals surface area contributed by atoms with Crippen molar-refractivity contribution in [3.63, 3.8) is 0 Å². The molecule has 0 saturated heterocycles. The average molecular weight is 400 g/mol. The summed E-state index contributed by atoms with van der Waals surface area (Å²) in [5.41, 5.74) is 4.07. The SMILES string of the molecule is CN1C(=O)[C@@H](NC(=O)n2cc(Cc3ccc(C#N)cc3)cn2)CNc2ccccc21. The predicted molar refractivity (Wildman–Crippen MR) is 112 cm³/mol. The molecule has 2 heterocycles. The van der Waals surface area contributed by atoms with Crippen LogP contribution >= 0.6 is 0 Å². The number of anilines is 2. The Morgan fingerprint density at radius 2 is 2.00 bits per heavy atom. The quantitative estimate of drug-likeness (QED) is 0.703. The second-order valence-corrected chi connectivity index (χ2v) is 7.08. The lowest BCUT2D eigenvalue weighted by atomic mass is 10.1. The van der Waals surface area contributed by atoms with Gasteiger partial charge in [0.05, 0.1) is 29.2 Å². The van der Waals surface area contributed by atoms with Crippen LogP contribution < -0.4 is 15.5 Å². The van der Waals surface area contributed by atoms with Crippen LogP contribution in [0.2, 0.25) is 0 Å². The Balaban J connectivity index is 1.43. The zero-order valence-electron chi connectivity index (χ0n) is 16.4. The highest BCUT2D eigenvalue weighted by molar-refractivity contribution is 6.02. The molecule has 0 aliphatic carbocycles. The van der Waals surface area contributed by atoms with Gasteiger partial charge < -0.3 is 15.5 Å². The fourth-order valence-corrected chi connectivity index (χ4v) is 3.39. The molecule has 150 valence electrons. The molecule has 30 heavy (non-hydrogen) atoms. The number of carbonyl (C=O) groups is 2. The number of aromatic nitrogens is 2. The monoisotopic (exact) mass is 400 g/mol. The summed E-state index contributed by atoms with van der Waals surface area (Å²) in [7, 11) is 1.69. The second-order valence-electron chi connectivity index (χ2n) is 7.08. The van der Waals surface area contributed by atoms with E-state index < -0.39 is 12.1 Å². The molecule has 0 fully saturated rings. The normalized spacial score (nSPS) is 15.5. The lowest BCUT2D eigenvalue weighted by Crippen LogP contribution is -2.50. The molecule has 2 aromatic carbocycles. The third kappa shape index (κ3) is 3.86. The third-order valence-electron chi connectivity index (χ3n) is 5.02. The topological polar surface area (TPSA) is 103 Å². The fraction of sp³-hybridized carbons (Fsp3) is 0.182. The van der Waals surface area contributed by atoms with Gasteiger partial charge in [-0.1, -0.05) is 24.3 Å². The number of nitrogens with zero attached hydrogens (tertiary/aromatic N) is 4. The second kappa shape index (κ2) is 8.09. The molecule has 0 bridgehead atoms. The Kier molecular flexibility index (Phi) is 5.18. The van der Waals surface area contributed by atoms with Crippen LogP contribution in [0.1, 0.15) is 16.7 Å². The summed E-state index contributed by atoms with van der Waals surface area (Å²) in [5, 5.41) is 19.0. The van der Waals surface area contributed by atoms with E-state index in [1.807, 2.05) is 36.4 Å². The van der Waals surface area contributed by atoms with Gasteiger partial charge in [-0.3, -0.25) is 4.79 Å². The van der Waals surface area contributed by atoms with E-state index in [0.29, 0.717) is 12.0 Å². The zero-order chi connectivity index (χ0) is 21.1. The minimum Gasteiger partial charge on any atom is -0.381 e. The summed E-state index contributed by atoms with van der Waals surface area (Å²) in [6, 6.07) is 15.7. The van der Waals surface area contributed by atoms with Gasteiger partial charge in [0.2, 0.25) is 0 Å². The van der Waals surface area contributed by atoms with Crippen LogP contribution in [0, 0.1) is 11.3 Å². The Hall–Kier alpha value is -4.12. The first-order valence-corrected chi connectivity index (χ1v) is 9.49. The molecule has 0 spiro atoms. The number of fused-ring (bicyclic) bond motifs is 1. The molecule has 8 heteroatoms. The van der Waals surface area contributed by atoms with Gasteiger partial charge in [-0.25, -0.2) is 4.79 Å². The minimum absolute atomic E-state index is 0.203. The molecular weight excluding hydrogens is 380 g/mol. The van der Waals surface area contributed by atoms with Gasteiger partial charge in [0.1, 0.15) is 6.04 Å². The Morgan fingerprint density at radius 1 is 1.23 bits per heavy atom. The zero-order valence-corrected chi connectivity index (χ0v) is 16.4. The number of para-hydroxylation sites is 2. The van der Waals surface area contributed by atoms with Crippen molar-refractivity contribution in [1.29, 1.82) is 5.26 Å². The van der Waals surface area contributed by atoms with Gasteiger partial charge in [-0.2, -0.15) is 15.0 Å². The van der Waals surface area contributed by atoms with E-state index in [4.69, 9.17) is 5.26 Å². The maximum atomic E-state index is 12.8. The van der Waals surface area contributed by atoms with Crippen molar-refractivity contribution < 1.29 is 9.59 Å². The molecule has 0 unspecified atom stereocenters. The van der Waals surface area contributed by atoms with Gasteiger partial charge in [-0.05, 0) is 35.4 Å². The lowest BCUT2D eigenvalue weighted by molar-refractivity contribution is -0.119. The molecule has 1 aromatic heterocycles. The van der Waals surface area contributed by atoms with Gasteiger partial charge in [-0.15, -0.1) is 0 Å². The predicted octanol–water partition coefficient (Wildman–Crippen LogP) is 2.36. The number of carbonyl (C=O) groups excluding carboxylic acids is 2. The molecule has 2 N–H and O–H groups in total. The number of hydrogen-bond donors (Lipinski definition) is 2. The summed E-state index contributed by atoms with van der Waals surface area (Å²) < 4.78 is 1.20. The third-order valence-corrected chi connectivity index (χ3v) is 5.02.